The van der Waals surface area contributed by atoms with Gasteiger partial charge in [0.15, 0.2) is 18.1 Å². The lowest BCUT2D eigenvalue weighted by molar-refractivity contribution is -0.123. The summed E-state index contributed by atoms with van der Waals surface area (Å²) >= 11 is 0. The maximum absolute atomic E-state index is 12.0. The van der Waals surface area contributed by atoms with Gasteiger partial charge in [-0.1, -0.05) is 18.2 Å². The van der Waals surface area contributed by atoms with Crippen molar-refractivity contribution in [2.45, 2.75) is 6.10 Å². The normalized spacial score (nSPS) is 15.2. The van der Waals surface area contributed by atoms with Crippen LogP contribution in [0.2, 0.25) is 0 Å². The molecule has 1 amide bonds. The Morgan fingerprint density at radius 3 is 2.96 bits per heavy atom. The van der Waals surface area contributed by atoms with Crippen LogP contribution in [0.4, 0.5) is 0 Å². The molecule has 27 heavy (non-hydrogen) atoms. The van der Waals surface area contributed by atoms with E-state index >= 15 is 0 Å². The number of aromatic nitrogens is 4. The number of tetrazole rings is 1. The fourth-order valence-electron chi connectivity index (χ4n) is 2.59. The quantitative estimate of drug-likeness (QED) is 0.693. The van der Waals surface area contributed by atoms with Crippen molar-refractivity contribution in [3.05, 3.63) is 54.9 Å². The second-order valence-corrected chi connectivity index (χ2v) is 5.84. The minimum absolute atomic E-state index is 0.108. The fourth-order valence-corrected chi connectivity index (χ4v) is 2.59. The van der Waals surface area contributed by atoms with Gasteiger partial charge in [0.05, 0.1) is 12.2 Å². The lowest BCUT2D eigenvalue weighted by Gasteiger charge is -2.26. The Balaban J connectivity index is 1.25. The van der Waals surface area contributed by atoms with Gasteiger partial charge in [-0.25, -0.2) is 4.68 Å². The number of carbonyl (C=O) groups excluding carboxylic acids is 1. The number of hydrogen-bond donors (Lipinski definition) is 1. The Labute approximate surface area is 154 Å². The van der Waals surface area contributed by atoms with Gasteiger partial charge in [-0.3, -0.25) is 4.79 Å². The molecule has 1 aliphatic rings. The summed E-state index contributed by atoms with van der Waals surface area (Å²) in [6.45, 7) is 0.608. The molecule has 1 N–H and O–H groups in total. The van der Waals surface area contributed by atoms with Crippen LogP contribution in [0.25, 0.3) is 5.69 Å². The Bertz CT molecular complexity index is 916. The highest BCUT2D eigenvalue weighted by Gasteiger charge is 2.21. The van der Waals surface area contributed by atoms with Gasteiger partial charge in [-0.05, 0) is 34.7 Å². The molecule has 0 radical (unpaired) electrons. The highest BCUT2D eigenvalue weighted by Crippen LogP contribution is 2.30. The highest BCUT2D eigenvalue weighted by molar-refractivity contribution is 5.77. The zero-order chi connectivity index (χ0) is 18.5. The molecule has 1 aromatic heterocycles. The topological polar surface area (TPSA) is 100 Å². The third-order valence-corrected chi connectivity index (χ3v) is 3.90. The van der Waals surface area contributed by atoms with E-state index in [2.05, 4.69) is 20.8 Å². The van der Waals surface area contributed by atoms with E-state index in [1.807, 2.05) is 30.3 Å². The van der Waals surface area contributed by atoms with Crippen LogP contribution in [-0.2, 0) is 4.79 Å². The number of nitrogens with zero attached hydrogens (tertiary/aromatic N) is 4. The molecule has 0 saturated carbocycles. The lowest BCUT2D eigenvalue weighted by atomic mass is 10.2. The molecule has 9 nitrogen and oxygen atoms in total. The van der Waals surface area contributed by atoms with E-state index in [9.17, 15) is 4.79 Å². The summed E-state index contributed by atoms with van der Waals surface area (Å²) in [6, 6.07) is 14.6. The van der Waals surface area contributed by atoms with Crippen LogP contribution >= 0.6 is 0 Å². The summed E-state index contributed by atoms with van der Waals surface area (Å²) in [5.74, 6) is 1.69. The second kappa shape index (κ2) is 7.73. The Morgan fingerprint density at radius 2 is 2.11 bits per heavy atom. The maximum Gasteiger partial charge on any atom is 0.258 e. The predicted octanol–water partition coefficient (Wildman–Crippen LogP) is 0.997. The molecule has 2 aromatic carbocycles. The maximum atomic E-state index is 12.0. The molecule has 2 heterocycles. The first-order valence-corrected chi connectivity index (χ1v) is 8.39. The van der Waals surface area contributed by atoms with Gasteiger partial charge in [-0.15, -0.1) is 5.10 Å². The van der Waals surface area contributed by atoms with Crippen molar-refractivity contribution in [2.75, 3.05) is 19.8 Å². The number of benzene rings is 2. The van der Waals surface area contributed by atoms with E-state index in [-0.39, 0.29) is 18.6 Å². The second-order valence-electron chi connectivity index (χ2n) is 5.84. The summed E-state index contributed by atoms with van der Waals surface area (Å²) in [6.07, 6.45) is 1.24. The number of ether oxygens (including phenoxy) is 3. The molecule has 9 heteroatoms. The van der Waals surface area contributed by atoms with Gasteiger partial charge < -0.3 is 19.5 Å². The van der Waals surface area contributed by atoms with Crippen molar-refractivity contribution in [3.63, 3.8) is 0 Å². The van der Waals surface area contributed by atoms with Gasteiger partial charge in [0, 0.05) is 6.07 Å². The average Bonchev–Trinajstić information content (AvgIpc) is 3.26. The summed E-state index contributed by atoms with van der Waals surface area (Å²) in [4.78, 5) is 12.0. The molecule has 1 atom stereocenters. The van der Waals surface area contributed by atoms with E-state index in [0.717, 1.165) is 5.69 Å². The summed E-state index contributed by atoms with van der Waals surface area (Å²) in [7, 11) is 0. The van der Waals surface area contributed by atoms with Crippen molar-refractivity contribution < 1.29 is 19.0 Å². The van der Waals surface area contributed by atoms with Gasteiger partial charge in [-0.2, -0.15) is 0 Å². The van der Waals surface area contributed by atoms with Crippen LogP contribution in [-0.4, -0.2) is 52.0 Å². The van der Waals surface area contributed by atoms with Gasteiger partial charge in [0.25, 0.3) is 5.91 Å². The monoisotopic (exact) mass is 367 g/mol. The molecule has 0 aliphatic carbocycles. The summed E-state index contributed by atoms with van der Waals surface area (Å²) in [5, 5.41) is 13.8. The minimum Gasteiger partial charge on any atom is -0.486 e. The number of hydrogen-bond acceptors (Lipinski definition) is 7. The smallest absolute Gasteiger partial charge is 0.258 e. The van der Waals surface area contributed by atoms with Crippen molar-refractivity contribution in [1.82, 2.24) is 25.5 Å². The molecular formula is C18H17N5O4. The average molecular weight is 367 g/mol. The molecule has 0 spiro atoms. The minimum atomic E-state index is -0.245. The first kappa shape index (κ1) is 16.8. The molecule has 1 unspecified atom stereocenters. The van der Waals surface area contributed by atoms with Crippen LogP contribution in [0.1, 0.15) is 0 Å². The molecule has 1 aliphatic heterocycles. The number of fused-ring (bicyclic) bond motifs is 1. The SMILES string of the molecule is O=C(COc1cccc(-n2cnnn2)c1)NCC1COc2ccccc2O1. The third-order valence-electron chi connectivity index (χ3n) is 3.90. The summed E-state index contributed by atoms with van der Waals surface area (Å²) in [5.41, 5.74) is 0.740. The van der Waals surface area contributed by atoms with Crippen molar-refractivity contribution >= 4 is 5.91 Å². The Morgan fingerprint density at radius 1 is 1.22 bits per heavy atom. The third kappa shape index (κ3) is 4.14. The number of rotatable bonds is 6. The molecule has 0 saturated heterocycles. The Kier molecular flexibility index (Phi) is 4.82. The standard InChI is InChI=1S/C18H17N5O4/c24-18(19-9-15-10-26-16-6-1-2-7-17(16)27-15)11-25-14-5-3-4-13(8-14)23-12-20-21-22-23/h1-8,12,15H,9-11H2,(H,19,24). The van der Waals surface area contributed by atoms with Crippen molar-refractivity contribution in [1.29, 1.82) is 0 Å². The van der Waals surface area contributed by atoms with E-state index in [4.69, 9.17) is 14.2 Å². The lowest BCUT2D eigenvalue weighted by Crippen LogP contribution is -2.42. The van der Waals surface area contributed by atoms with E-state index < -0.39 is 0 Å². The molecule has 0 fully saturated rings. The van der Waals surface area contributed by atoms with Gasteiger partial charge in [0.1, 0.15) is 24.8 Å². The first-order chi connectivity index (χ1) is 13.3. The van der Waals surface area contributed by atoms with Crippen LogP contribution in [0, 0.1) is 0 Å². The van der Waals surface area contributed by atoms with Crippen LogP contribution in [0.5, 0.6) is 17.2 Å². The first-order valence-electron chi connectivity index (χ1n) is 8.39. The molecule has 3 aromatic rings. The number of carbonyl (C=O) groups is 1. The van der Waals surface area contributed by atoms with Crippen LogP contribution in [0.3, 0.4) is 0 Å². The molecule has 138 valence electrons. The van der Waals surface area contributed by atoms with Crippen LogP contribution < -0.4 is 19.5 Å². The fraction of sp³-hybridized carbons (Fsp3) is 0.222. The van der Waals surface area contributed by atoms with Crippen molar-refractivity contribution in [3.8, 4) is 22.9 Å². The van der Waals surface area contributed by atoms with Crippen LogP contribution in [0.15, 0.2) is 54.9 Å². The van der Waals surface area contributed by atoms with E-state index in [1.165, 1.54) is 11.0 Å². The largest absolute Gasteiger partial charge is 0.486 e. The number of amides is 1. The zero-order valence-corrected chi connectivity index (χ0v) is 14.3. The van der Waals surface area contributed by atoms with Crippen molar-refractivity contribution in [2.24, 2.45) is 0 Å². The summed E-state index contributed by atoms with van der Waals surface area (Å²) < 4.78 is 18.5. The zero-order valence-electron chi connectivity index (χ0n) is 14.3. The van der Waals surface area contributed by atoms with E-state index in [0.29, 0.717) is 30.4 Å². The number of para-hydroxylation sites is 2. The molecule has 4 rings (SSSR count). The predicted molar refractivity (Wildman–Crippen MR) is 94.0 cm³/mol. The Hall–Kier alpha value is -3.62. The highest BCUT2D eigenvalue weighted by atomic mass is 16.6. The van der Waals surface area contributed by atoms with Gasteiger partial charge in [0.2, 0.25) is 0 Å². The molecule has 0 bridgehead atoms. The molecular weight excluding hydrogens is 350 g/mol. The number of nitrogens with one attached hydrogen (secondary N) is 1. The van der Waals surface area contributed by atoms with E-state index in [1.54, 1.807) is 18.2 Å². The van der Waals surface area contributed by atoms with Gasteiger partial charge >= 0.3 is 0 Å².